The number of carbonyl (C=O) groups excluding carboxylic acids is 1. The van der Waals surface area contributed by atoms with Gasteiger partial charge in [0.2, 0.25) is 5.91 Å². The van der Waals surface area contributed by atoms with E-state index < -0.39 is 0 Å². The fourth-order valence-corrected chi connectivity index (χ4v) is 4.35. The van der Waals surface area contributed by atoms with E-state index in [9.17, 15) is 4.79 Å². The third-order valence-corrected chi connectivity index (χ3v) is 6.13. The molecule has 10 heteroatoms. The summed E-state index contributed by atoms with van der Waals surface area (Å²) in [6, 6.07) is 5.85. The molecule has 2 N–H and O–H groups in total. The van der Waals surface area contributed by atoms with Gasteiger partial charge in [0.15, 0.2) is 17.4 Å². The molecule has 1 saturated heterocycles. The van der Waals surface area contributed by atoms with Gasteiger partial charge in [-0.1, -0.05) is 18.9 Å². The van der Waals surface area contributed by atoms with Crippen LogP contribution in [-0.4, -0.2) is 82.6 Å². The summed E-state index contributed by atoms with van der Waals surface area (Å²) in [4.78, 5) is 21.3. The molecular formula is C21H33IN8O. The lowest BCUT2D eigenvalue weighted by atomic mass is 10.1. The van der Waals surface area contributed by atoms with E-state index in [0.717, 1.165) is 69.5 Å². The van der Waals surface area contributed by atoms with Gasteiger partial charge >= 0.3 is 0 Å². The van der Waals surface area contributed by atoms with Gasteiger partial charge in [-0.2, -0.15) is 0 Å². The Morgan fingerprint density at radius 2 is 1.90 bits per heavy atom. The van der Waals surface area contributed by atoms with Gasteiger partial charge in [-0.15, -0.1) is 34.2 Å². The molecule has 0 spiro atoms. The molecule has 2 fully saturated rings. The Bertz CT molecular complexity index is 871. The van der Waals surface area contributed by atoms with Gasteiger partial charge in [-0.05, 0) is 25.0 Å². The maximum atomic E-state index is 12.6. The van der Waals surface area contributed by atoms with Gasteiger partial charge in [0.05, 0.1) is 6.54 Å². The zero-order valence-corrected chi connectivity index (χ0v) is 20.5. The lowest BCUT2D eigenvalue weighted by Gasteiger charge is -2.36. The quantitative estimate of drug-likeness (QED) is 0.327. The highest BCUT2D eigenvalue weighted by molar-refractivity contribution is 14.0. The van der Waals surface area contributed by atoms with Crippen LogP contribution in [0.5, 0.6) is 0 Å². The monoisotopic (exact) mass is 540 g/mol. The van der Waals surface area contributed by atoms with Gasteiger partial charge in [0.25, 0.3) is 0 Å². The van der Waals surface area contributed by atoms with Crippen molar-refractivity contribution in [3.05, 3.63) is 30.2 Å². The van der Waals surface area contributed by atoms with Gasteiger partial charge in [0.1, 0.15) is 0 Å². The van der Waals surface area contributed by atoms with E-state index in [-0.39, 0.29) is 29.9 Å². The summed E-state index contributed by atoms with van der Waals surface area (Å²) in [7, 11) is 1.77. The number of aromatic nitrogens is 3. The Hall–Kier alpha value is -1.95. The average molecular weight is 540 g/mol. The minimum Gasteiger partial charge on any atom is -0.355 e. The molecule has 2 aromatic heterocycles. The van der Waals surface area contributed by atoms with Gasteiger partial charge in [-0.25, -0.2) is 0 Å². The van der Waals surface area contributed by atoms with Gasteiger partial charge in [-0.3, -0.25) is 19.1 Å². The molecule has 1 amide bonds. The minimum atomic E-state index is 0. The van der Waals surface area contributed by atoms with Crippen molar-refractivity contribution in [2.45, 2.75) is 32.2 Å². The molecule has 3 heterocycles. The predicted molar refractivity (Wildman–Crippen MR) is 132 cm³/mol. The zero-order chi connectivity index (χ0) is 20.8. The summed E-state index contributed by atoms with van der Waals surface area (Å²) in [5, 5.41) is 15.1. The summed E-state index contributed by atoms with van der Waals surface area (Å²) in [5.41, 5.74) is 0.836. The summed E-state index contributed by atoms with van der Waals surface area (Å²) < 4.78 is 1.96. The van der Waals surface area contributed by atoms with Crippen LogP contribution >= 0.6 is 24.0 Å². The number of aliphatic imine (C=N–C) groups is 1. The number of fused-ring (bicyclic) bond motifs is 1. The summed E-state index contributed by atoms with van der Waals surface area (Å²) in [6.45, 7) is 5.87. The van der Waals surface area contributed by atoms with Crippen molar-refractivity contribution in [3.63, 3.8) is 0 Å². The van der Waals surface area contributed by atoms with Crippen LogP contribution in [0.2, 0.25) is 0 Å². The third kappa shape index (κ3) is 6.06. The fourth-order valence-electron chi connectivity index (χ4n) is 4.35. The molecule has 1 aliphatic carbocycles. The number of nitrogens with zero attached hydrogens (tertiary/aromatic N) is 6. The Morgan fingerprint density at radius 1 is 1.13 bits per heavy atom. The lowest BCUT2D eigenvalue weighted by molar-refractivity contribution is -0.137. The van der Waals surface area contributed by atoms with E-state index >= 15 is 0 Å². The molecule has 31 heavy (non-hydrogen) atoms. The number of pyridine rings is 1. The van der Waals surface area contributed by atoms with Crippen molar-refractivity contribution in [2.24, 2.45) is 10.9 Å². The van der Waals surface area contributed by atoms with Crippen LogP contribution in [0.15, 0.2) is 29.4 Å². The van der Waals surface area contributed by atoms with E-state index in [1.807, 2.05) is 28.8 Å². The molecule has 4 rings (SSSR count). The molecule has 1 saturated carbocycles. The second kappa shape index (κ2) is 11.6. The SMILES string of the molecule is CN=C(NCCN1CCN(C(=O)C2CCCC2)CC1)NCc1nnc2ccccn12.I. The van der Waals surface area contributed by atoms with E-state index in [1.54, 1.807) is 7.05 Å². The average Bonchev–Trinajstić information content (AvgIpc) is 3.46. The minimum absolute atomic E-state index is 0. The molecule has 0 bridgehead atoms. The van der Waals surface area contributed by atoms with E-state index in [1.165, 1.54) is 12.8 Å². The first-order valence-corrected chi connectivity index (χ1v) is 11.0. The van der Waals surface area contributed by atoms with Gasteiger partial charge in [0, 0.05) is 58.4 Å². The number of rotatable bonds is 6. The number of halogens is 1. The van der Waals surface area contributed by atoms with Crippen LogP contribution in [0.1, 0.15) is 31.5 Å². The highest BCUT2D eigenvalue weighted by Crippen LogP contribution is 2.26. The number of hydrogen-bond acceptors (Lipinski definition) is 5. The number of guanidine groups is 1. The van der Waals surface area contributed by atoms with Gasteiger partial charge < -0.3 is 15.5 Å². The number of piperazine rings is 1. The van der Waals surface area contributed by atoms with Crippen molar-refractivity contribution >= 4 is 41.5 Å². The first-order chi connectivity index (χ1) is 14.7. The van der Waals surface area contributed by atoms with Crippen molar-refractivity contribution in [3.8, 4) is 0 Å². The van der Waals surface area contributed by atoms with Crippen molar-refractivity contribution in [1.82, 2.24) is 35.0 Å². The molecule has 2 aromatic rings. The fraction of sp³-hybridized carbons (Fsp3) is 0.619. The third-order valence-electron chi connectivity index (χ3n) is 6.13. The van der Waals surface area contributed by atoms with E-state index in [2.05, 4.69) is 35.6 Å². The Kier molecular flexibility index (Phi) is 8.88. The summed E-state index contributed by atoms with van der Waals surface area (Å²) in [5.74, 6) is 2.26. The molecular weight excluding hydrogens is 507 g/mol. The topological polar surface area (TPSA) is 90.2 Å². The normalized spacial score (nSPS) is 18.2. The van der Waals surface area contributed by atoms with E-state index in [0.29, 0.717) is 12.5 Å². The van der Waals surface area contributed by atoms with Crippen LogP contribution in [0, 0.1) is 5.92 Å². The summed E-state index contributed by atoms with van der Waals surface area (Å²) in [6.07, 6.45) is 6.55. The largest absolute Gasteiger partial charge is 0.355 e. The standard InChI is InChI=1S/C21H32N8O.HI/c1-22-21(24-16-19-26-25-18-8-4-5-10-29(18)19)23-9-11-27-12-14-28(15-13-27)20(30)17-6-2-3-7-17;/h4-5,8,10,17H,2-3,6-7,9,11-16H2,1H3,(H2,22,23,24);1H. The first-order valence-electron chi connectivity index (χ1n) is 11.0. The molecule has 0 radical (unpaired) electrons. The number of carbonyl (C=O) groups is 1. The molecule has 1 aliphatic heterocycles. The van der Waals surface area contributed by atoms with Crippen molar-refractivity contribution < 1.29 is 4.79 Å². The van der Waals surface area contributed by atoms with Crippen LogP contribution in [0.25, 0.3) is 5.65 Å². The van der Waals surface area contributed by atoms with Crippen LogP contribution < -0.4 is 10.6 Å². The number of nitrogens with one attached hydrogen (secondary N) is 2. The highest BCUT2D eigenvalue weighted by Gasteiger charge is 2.29. The maximum Gasteiger partial charge on any atom is 0.225 e. The molecule has 0 aromatic carbocycles. The molecule has 0 atom stereocenters. The highest BCUT2D eigenvalue weighted by atomic mass is 127. The number of hydrogen-bond donors (Lipinski definition) is 2. The second-order valence-electron chi connectivity index (χ2n) is 8.05. The Labute approximate surface area is 200 Å². The Balaban J connectivity index is 0.00000272. The Morgan fingerprint density at radius 3 is 2.65 bits per heavy atom. The maximum absolute atomic E-state index is 12.6. The molecule has 2 aliphatic rings. The molecule has 9 nitrogen and oxygen atoms in total. The second-order valence-corrected chi connectivity index (χ2v) is 8.05. The summed E-state index contributed by atoms with van der Waals surface area (Å²) >= 11 is 0. The van der Waals surface area contributed by atoms with E-state index in [4.69, 9.17) is 0 Å². The lowest BCUT2D eigenvalue weighted by Crippen LogP contribution is -2.51. The molecule has 170 valence electrons. The van der Waals surface area contributed by atoms with Crippen molar-refractivity contribution in [2.75, 3.05) is 46.3 Å². The van der Waals surface area contributed by atoms with Crippen molar-refractivity contribution in [1.29, 1.82) is 0 Å². The zero-order valence-electron chi connectivity index (χ0n) is 18.2. The smallest absolute Gasteiger partial charge is 0.225 e. The number of amides is 1. The van der Waals surface area contributed by atoms with Crippen LogP contribution in [0.4, 0.5) is 0 Å². The predicted octanol–water partition coefficient (Wildman–Crippen LogP) is 1.35. The van der Waals surface area contributed by atoms with Crippen LogP contribution in [-0.2, 0) is 11.3 Å². The first kappa shape index (κ1) is 23.7. The molecule has 0 unspecified atom stereocenters. The van der Waals surface area contributed by atoms with Crippen LogP contribution in [0.3, 0.4) is 0 Å².